The Labute approximate surface area is 677 Å². The van der Waals surface area contributed by atoms with Crippen LogP contribution in [0.3, 0.4) is 0 Å². The first-order chi connectivity index (χ1) is 58.6. The van der Waals surface area contributed by atoms with Gasteiger partial charge in [-0.3, -0.25) is 18.1 Å². The maximum Gasteiger partial charge on any atom is 0.241 e. The van der Waals surface area contributed by atoms with Crippen LogP contribution in [0, 0.1) is 0 Å². The van der Waals surface area contributed by atoms with Crippen LogP contribution >= 0.6 is 0 Å². The van der Waals surface area contributed by atoms with Crippen molar-refractivity contribution in [2.75, 3.05) is 0 Å². The van der Waals surface area contributed by atoms with Crippen LogP contribution in [-0.2, 0) is 0 Å². The molecule has 0 spiro atoms. The van der Waals surface area contributed by atoms with Gasteiger partial charge >= 0.3 is 0 Å². The molecule has 8 heterocycles. The van der Waals surface area contributed by atoms with Gasteiger partial charge in [-0.05, 0) is 133 Å². The Balaban J connectivity index is 0.756. The van der Waals surface area contributed by atoms with Crippen LogP contribution in [0.4, 0.5) is 0 Å². The lowest BCUT2D eigenvalue weighted by molar-refractivity contribution is 0.895. The molecule has 0 saturated carbocycles. The molecule has 8 aromatic heterocycles. The maximum absolute atomic E-state index is 6.15. The zero-order valence-electron chi connectivity index (χ0n) is 63.5. The molecular formula is C103H67N13Si2. The molecule has 24 aromatic rings. The van der Waals surface area contributed by atoms with Crippen LogP contribution < -0.4 is 42.0 Å². The van der Waals surface area contributed by atoms with E-state index in [-0.39, 0.29) is 0 Å². The smallest absolute Gasteiger partial charge is 0.241 e. The van der Waals surface area contributed by atoms with Crippen molar-refractivity contribution in [2.45, 2.75) is 0 Å². The van der Waals surface area contributed by atoms with Crippen LogP contribution in [0.2, 0.25) is 0 Å². The Morgan fingerprint density at radius 1 is 0.195 bits per heavy atom. The molecule has 0 aliphatic carbocycles. The summed E-state index contributed by atoms with van der Waals surface area (Å²) in [5.74, 6) is 2.63. The number of benzene rings is 16. The number of hydrogen-bond donors (Lipinski definition) is 0. The van der Waals surface area contributed by atoms with E-state index < -0.39 is 16.1 Å². The summed E-state index contributed by atoms with van der Waals surface area (Å²) in [5.41, 5.74) is 16.2. The predicted molar refractivity (Wildman–Crippen MR) is 486 cm³/mol. The van der Waals surface area contributed by atoms with Gasteiger partial charge < -0.3 is 4.57 Å². The Morgan fingerprint density at radius 2 is 0.525 bits per heavy atom. The zero-order valence-corrected chi connectivity index (χ0v) is 65.5. The van der Waals surface area contributed by atoms with Crippen molar-refractivity contribution in [2.24, 2.45) is 0 Å². The van der Waals surface area contributed by atoms with E-state index in [4.69, 9.17) is 34.9 Å². The van der Waals surface area contributed by atoms with Gasteiger partial charge in [-0.2, -0.15) is 9.97 Å². The predicted octanol–water partition coefficient (Wildman–Crippen LogP) is 17.6. The molecule has 16 aromatic carbocycles. The molecule has 552 valence electrons. The summed E-state index contributed by atoms with van der Waals surface area (Å²) in [6, 6.07) is 146. The van der Waals surface area contributed by atoms with Gasteiger partial charge in [0.2, 0.25) is 45.7 Å². The average molecular weight is 1540 g/mol. The van der Waals surface area contributed by atoms with E-state index in [9.17, 15) is 0 Å². The van der Waals surface area contributed by atoms with Gasteiger partial charge in [-0.1, -0.05) is 315 Å². The lowest BCUT2D eigenvalue weighted by atomic mass is 9.98. The molecule has 118 heavy (non-hydrogen) atoms. The lowest BCUT2D eigenvalue weighted by Gasteiger charge is -2.32. The molecule has 0 atom stereocenters. The highest BCUT2D eigenvalue weighted by Gasteiger charge is 2.48. The van der Waals surface area contributed by atoms with E-state index in [0.717, 1.165) is 146 Å². The normalized spacial score (nSPS) is 12.2. The largest absolute Gasteiger partial charge is 0.309 e. The highest BCUT2D eigenvalue weighted by Crippen LogP contribution is 2.42. The molecule has 0 radical (unpaired) electrons. The van der Waals surface area contributed by atoms with E-state index in [1.165, 1.54) is 10.8 Å². The van der Waals surface area contributed by atoms with Gasteiger partial charge in [0.1, 0.15) is 10.9 Å². The first-order valence-electron chi connectivity index (χ1n) is 39.9. The number of hydrogen-bond acceptors (Lipinski definition) is 7. The van der Waals surface area contributed by atoms with Crippen LogP contribution in [0.1, 0.15) is 0 Å². The zero-order chi connectivity index (χ0) is 77.6. The molecule has 24 rings (SSSR count). The average Bonchev–Trinajstić information content (AvgIpc) is 1.49. The van der Waals surface area contributed by atoms with Gasteiger partial charge in [-0.25, -0.2) is 29.5 Å². The van der Waals surface area contributed by atoms with Crippen LogP contribution in [-0.4, -0.2) is 78.3 Å². The number of nitrogens with zero attached hydrogens (tertiary/aromatic N) is 13. The Hall–Kier alpha value is -15.6. The minimum Gasteiger partial charge on any atom is -0.309 e. The molecule has 0 fully saturated rings. The molecule has 0 bridgehead atoms. The quantitative estimate of drug-likeness (QED) is 0.0785. The highest BCUT2D eigenvalue weighted by atomic mass is 28.3. The minimum atomic E-state index is -3.75. The Kier molecular flexibility index (Phi) is 15.1. The Morgan fingerprint density at radius 3 is 1.00 bits per heavy atom. The fourth-order valence-electron chi connectivity index (χ4n) is 19.3. The second-order valence-corrected chi connectivity index (χ2v) is 37.7. The van der Waals surface area contributed by atoms with Crippen molar-refractivity contribution in [3.8, 4) is 40.6 Å². The number of fused-ring (bicyclic) bond motifs is 17. The summed E-state index contributed by atoms with van der Waals surface area (Å²) in [6.45, 7) is 0. The molecule has 0 unspecified atom stereocenters. The van der Waals surface area contributed by atoms with Crippen molar-refractivity contribution in [1.29, 1.82) is 0 Å². The minimum absolute atomic E-state index is 0.438. The third kappa shape index (κ3) is 9.86. The first kappa shape index (κ1) is 67.0. The van der Waals surface area contributed by atoms with Crippen molar-refractivity contribution < 1.29 is 0 Å². The van der Waals surface area contributed by atoms with Crippen molar-refractivity contribution in [3.63, 3.8) is 0 Å². The standard InChI is InChI=1S/C103H67N13Si2/c1-6-35-70(36-7-1)117(71-37-8-2-9-38-71,72-39-10-3-11-40-72)101-107-97(112-87-56-25-18-48-79(87)80-49-19-26-57-88(80)112)105-98(108-101)113-89-58-27-20-50-81(89)83-66-68(64-65-91(83)113)76-52-33-63-95-96(76)82-51-21-28-59-90(82)114(95)99-106-100(116-94-62-31-30-61-93(94)115-92-60-29-22-53-84(92)104-103(115)116)110-102(109-99)118(73-41-12-4-13-42-73,74-43-14-5-15-44-74)75-45-32-34-69(67-75)111-85-54-23-16-46-77(85)78-47-17-24-55-86(78)111/h1-67H. The Bertz CT molecular complexity index is 7910. The van der Waals surface area contributed by atoms with Crippen LogP contribution in [0.15, 0.2) is 406 Å². The number of rotatable bonds is 14. The van der Waals surface area contributed by atoms with E-state index in [1.54, 1.807) is 0 Å². The topological polar surface area (TPSA) is 119 Å². The summed E-state index contributed by atoms with van der Waals surface area (Å²) in [4.78, 5) is 41.2. The molecule has 0 aliphatic rings. The fraction of sp³-hybridized carbons (Fsp3) is 0. The van der Waals surface area contributed by atoms with Crippen LogP contribution in [0.25, 0.3) is 156 Å². The summed E-state index contributed by atoms with van der Waals surface area (Å²) in [6.07, 6.45) is 0. The van der Waals surface area contributed by atoms with E-state index in [1.807, 2.05) is 6.07 Å². The number of para-hydroxylation sites is 10. The van der Waals surface area contributed by atoms with Gasteiger partial charge in [0.15, 0.2) is 0 Å². The van der Waals surface area contributed by atoms with Crippen LogP contribution in [0.5, 0.6) is 0 Å². The maximum atomic E-state index is 6.15. The second kappa shape index (κ2) is 26.5. The van der Waals surface area contributed by atoms with E-state index in [2.05, 4.69) is 428 Å². The molecule has 0 N–H and O–H groups in total. The summed E-state index contributed by atoms with van der Waals surface area (Å²) >= 11 is 0. The number of aromatic nitrogens is 13. The van der Waals surface area contributed by atoms with Gasteiger partial charge in [0.25, 0.3) is 0 Å². The SMILES string of the molecule is c1ccc([Si](c2ccccc2)(c2ccccc2)c2nc(-n3c4ccccc4c4ccccc43)nc(-n3c4ccccc4c4cc(-c5cccc6c5c5ccccc5n6-c5nc(-n6c7ccccc7n7c8ccccc8nc67)nc([Si](c6ccccc6)(c6ccccc6)c6cccc(-n7c8ccccc8c8ccccc87)c6)n5)ccc43)n2)cc1. The van der Waals surface area contributed by atoms with Gasteiger partial charge in [0, 0.05) is 48.8 Å². The highest BCUT2D eigenvalue weighted by molar-refractivity contribution is 7.20. The molecule has 13 nitrogen and oxygen atoms in total. The van der Waals surface area contributed by atoms with Gasteiger partial charge in [0.05, 0.1) is 66.2 Å². The molecular weight excluding hydrogens is 1480 g/mol. The third-order valence-electron chi connectivity index (χ3n) is 24.2. The summed E-state index contributed by atoms with van der Waals surface area (Å²) in [7, 11) is -7.17. The molecule has 0 aliphatic heterocycles. The van der Waals surface area contributed by atoms with E-state index in [0.29, 0.717) is 40.5 Å². The lowest BCUT2D eigenvalue weighted by Crippen LogP contribution is -2.76. The monoisotopic (exact) mass is 1540 g/mol. The van der Waals surface area contributed by atoms with Crippen molar-refractivity contribution in [3.05, 3.63) is 406 Å². The molecule has 15 heteroatoms. The second-order valence-electron chi connectivity index (χ2n) is 30.3. The van der Waals surface area contributed by atoms with Crippen molar-refractivity contribution >= 4 is 173 Å². The first-order valence-corrected chi connectivity index (χ1v) is 43.9. The van der Waals surface area contributed by atoms with E-state index >= 15 is 0 Å². The third-order valence-corrected chi connectivity index (χ3v) is 33.2. The summed E-state index contributed by atoms with van der Waals surface area (Å²) in [5, 5.41) is 15.6. The molecule has 0 saturated heterocycles. The fourth-order valence-corrected chi connectivity index (χ4v) is 28.0. The summed E-state index contributed by atoms with van der Waals surface area (Å²) < 4.78 is 13.6. The van der Waals surface area contributed by atoms with Gasteiger partial charge in [-0.15, -0.1) is 0 Å². The molecule has 0 amide bonds. The number of imidazole rings is 2. The van der Waals surface area contributed by atoms with Crippen molar-refractivity contribution in [1.82, 2.24) is 62.1 Å².